The number of benzene rings is 1. The van der Waals surface area contributed by atoms with Crippen LogP contribution in [-0.4, -0.2) is 46.2 Å². The van der Waals surface area contributed by atoms with E-state index in [1.807, 2.05) is 27.4 Å². The number of carbonyl (C=O) groups is 1. The zero-order valence-corrected chi connectivity index (χ0v) is 16.8. The molecule has 29 heavy (non-hydrogen) atoms. The molecule has 0 spiro atoms. The quantitative estimate of drug-likeness (QED) is 0.711. The summed E-state index contributed by atoms with van der Waals surface area (Å²) in [5.74, 6) is -0.590. The molecule has 0 saturated carbocycles. The Kier molecular flexibility index (Phi) is 4.46. The van der Waals surface area contributed by atoms with Crippen LogP contribution < -0.4 is 10.2 Å². The van der Waals surface area contributed by atoms with Crippen molar-refractivity contribution in [1.29, 1.82) is 0 Å². The lowest BCUT2D eigenvalue weighted by molar-refractivity contribution is 0.0530. The van der Waals surface area contributed by atoms with Crippen LogP contribution in [0.15, 0.2) is 35.3 Å². The maximum absolute atomic E-state index is 12.5. The molecule has 0 fully saturated rings. The van der Waals surface area contributed by atoms with Gasteiger partial charge < -0.3 is 19.1 Å². The van der Waals surface area contributed by atoms with Crippen LogP contribution in [0.1, 0.15) is 30.2 Å². The number of aromatic nitrogens is 3. The summed E-state index contributed by atoms with van der Waals surface area (Å²) in [6, 6.07) is 6.87. The second-order valence-corrected chi connectivity index (χ2v) is 7.97. The summed E-state index contributed by atoms with van der Waals surface area (Å²) in [6.07, 6.45) is 1.45. The Morgan fingerprint density at radius 1 is 1.34 bits per heavy atom. The fraction of sp³-hybridized carbons (Fsp3) is 0.381. The van der Waals surface area contributed by atoms with Gasteiger partial charge in [-0.25, -0.2) is 4.79 Å². The second kappa shape index (κ2) is 6.73. The molecule has 8 nitrogen and oxygen atoms in total. The monoisotopic (exact) mass is 397 g/mol. The van der Waals surface area contributed by atoms with Gasteiger partial charge in [0, 0.05) is 30.2 Å². The maximum Gasteiger partial charge on any atom is 0.341 e. The fourth-order valence-corrected chi connectivity index (χ4v) is 4.19. The Hall–Kier alpha value is -3.13. The van der Waals surface area contributed by atoms with Gasteiger partial charge in [0.15, 0.2) is 5.43 Å². The van der Waals surface area contributed by atoms with Crippen molar-refractivity contribution in [3.63, 3.8) is 0 Å². The minimum Gasteiger partial charge on any atom is -0.494 e. The van der Waals surface area contributed by atoms with Crippen LogP contribution in [0, 0.1) is 5.41 Å². The third-order valence-corrected chi connectivity index (χ3v) is 5.61. The van der Waals surface area contributed by atoms with Gasteiger partial charge in [0.05, 0.1) is 37.7 Å². The summed E-state index contributed by atoms with van der Waals surface area (Å²) in [7, 11) is 3.23. The summed E-state index contributed by atoms with van der Waals surface area (Å²) in [5.41, 5.74) is 0.999. The largest absolute Gasteiger partial charge is 0.494 e. The molecule has 1 atom stereocenters. The number of rotatable bonds is 5. The maximum atomic E-state index is 12.5. The molecule has 0 amide bonds. The normalized spacial score (nSPS) is 15.8. The summed E-state index contributed by atoms with van der Waals surface area (Å²) in [6.45, 7) is 5.08. The number of hydrogen-bond acceptors (Lipinski definition) is 5. The van der Waals surface area contributed by atoms with Gasteiger partial charge in [0.2, 0.25) is 0 Å². The van der Waals surface area contributed by atoms with Gasteiger partial charge in [-0.1, -0.05) is 26.0 Å². The van der Waals surface area contributed by atoms with Gasteiger partial charge in [0.25, 0.3) is 0 Å². The molecule has 0 saturated heterocycles. The number of nitrogens with zero attached hydrogens (tertiary/aromatic N) is 3. The highest BCUT2D eigenvalue weighted by atomic mass is 16.5. The van der Waals surface area contributed by atoms with E-state index in [2.05, 4.69) is 13.8 Å². The van der Waals surface area contributed by atoms with Crippen LogP contribution in [-0.2, 0) is 11.3 Å². The van der Waals surface area contributed by atoms with Crippen LogP contribution in [0.2, 0.25) is 0 Å². The highest BCUT2D eigenvalue weighted by Gasteiger charge is 2.38. The zero-order valence-electron chi connectivity index (χ0n) is 16.8. The predicted molar refractivity (Wildman–Crippen MR) is 108 cm³/mol. The number of hydrogen-bond donors (Lipinski definition) is 1. The van der Waals surface area contributed by atoms with Gasteiger partial charge >= 0.3 is 5.97 Å². The minimum absolute atomic E-state index is 0.163. The van der Waals surface area contributed by atoms with E-state index in [0.29, 0.717) is 30.1 Å². The van der Waals surface area contributed by atoms with Crippen LogP contribution in [0.3, 0.4) is 0 Å². The highest BCUT2D eigenvalue weighted by Crippen LogP contribution is 2.43. The summed E-state index contributed by atoms with van der Waals surface area (Å²) in [4.78, 5) is 24.1. The van der Waals surface area contributed by atoms with Crippen LogP contribution in [0.25, 0.3) is 22.3 Å². The van der Waals surface area contributed by atoms with E-state index in [-0.39, 0.29) is 17.0 Å². The zero-order chi connectivity index (χ0) is 20.9. The molecule has 3 aromatic rings. The van der Waals surface area contributed by atoms with Gasteiger partial charge in [0.1, 0.15) is 16.8 Å². The molecule has 8 heteroatoms. The molecule has 1 N–H and O–H groups in total. The smallest absolute Gasteiger partial charge is 0.341 e. The molecule has 0 bridgehead atoms. The fourth-order valence-electron chi connectivity index (χ4n) is 4.19. The first-order valence-electron chi connectivity index (χ1n) is 9.31. The molecule has 0 unspecified atom stereocenters. The molecule has 1 aliphatic rings. The lowest BCUT2D eigenvalue weighted by Gasteiger charge is -2.40. The van der Waals surface area contributed by atoms with E-state index in [0.717, 1.165) is 11.1 Å². The number of carboxylic acid groups (broad SMARTS) is 1. The van der Waals surface area contributed by atoms with Gasteiger partial charge in [-0.2, -0.15) is 5.10 Å². The molecule has 2 aromatic heterocycles. The van der Waals surface area contributed by atoms with Crippen LogP contribution >= 0.6 is 0 Å². The Morgan fingerprint density at radius 2 is 2.10 bits per heavy atom. The van der Waals surface area contributed by atoms with E-state index < -0.39 is 11.4 Å². The van der Waals surface area contributed by atoms with Gasteiger partial charge in [-0.15, -0.1) is 0 Å². The number of methoxy groups -OCH3 is 2. The topological polar surface area (TPSA) is 95.6 Å². The van der Waals surface area contributed by atoms with Gasteiger partial charge in [-0.05, 0) is 6.07 Å². The van der Waals surface area contributed by atoms with Crippen molar-refractivity contribution in [3.8, 4) is 17.1 Å². The molecule has 1 aliphatic heterocycles. The Morgan fingerprint density at radius 3 is 2.76 bits per heavy atom. The molecule has 0 aliphatic carbocycles. The van der Waals surface area contributed by atoms with Crippen LogP contribution in [0.5, 0.6) is 5.75 Å². The van der Waals surface area contributed by atoms with E-state index in [1.54, 1.807) is 14.2 Å². The number of fused-ring (bicyclic) bond motifs is 5. The van der Waals surface area contributed by atoms with Crippen molar-refractivity contribution < 1.29 is 19.4 Å². The van der Waals surface area contributed by atoms with Crippen molar-refractivity contribution in [3.05, 3.63) is 46.2 Å². The average Bonchev–Trinajstić information content (AvgIpc) is 3.05. The molecule has 3 heterocycles. The third-order valence-electron chi connectivity index (χ3n) is 5.61. The standard InChI is InChI=1S/C21H23N3O5/c1-21(2,11-28-3)17-10-24-19(12-6-5-7-16(29-4)18(12)22-24)14-8-15(25)13(20(26)27)9-23(14)17/h5-9,17H,10-11H2,1-4H3,(H,26,27)/t17-/m0/s1. The predicted octanol–water partition coefficient (Wildman–Crippen LogP) is 2.80. The van der Waals surface area contributed by atoms with Crippen molar-refractivity contribution in [2.45, 2.75) is 26.4 Å². The molecule has 1 aromatic carbocycles. The first kappa shape index (κ1) is 19.2. The van der Waals surface area contributed by atoms with E-state index >= 15 is 0 Å². The van der Waals surface area contributed by atoms with Crippen molar-refractivity contribution in [2.24, 2.45) is 5.41 Å². The van der Waals surface area contributed by atoms with Crippen LogP contribution in [0.4, 0.5) is 0 Å². The Labute approximate surface area is 167 Å². The highest BCUT2D eigenvalue weighted by molar-refractivity contribution is 5.96. The molecule has 152 valence electrons. The third kappa shape index (κ3) is 2.91. The lowest BCUT2D eigenvalue weighted by atomic mass is 9.83. The Balaban J connectivity index is 2.05. The molecular formula is C21H23N3O5. The molecule has 0 radical (unpaired) electrons. The van der Waals surface area contributed by atoms with E-state index in [4.69, 9.17) is 14.6 Å². The minimum atomic E-state index is -1.24. The second-order valence-electron chi connectivity index (χ2n) is 7.97. The van der Waals surface area contributed by atoms with E-state index in [9.17, 15) is 14.7 Å². The summed E-state index contributed by atoms with van der Waals surface area (Å²) < 4.78 is 14.6. The Bertz CT molecular complexity index is 1180. The lowest BCUT2D eigenvalue weighted by Crippen LogP contribution is -2.39. The number of carboxylic acids is 1. The van der Waals surface area contributed by atoms with Crippen molar-refractivity contribution >= 4 is 16.9 Å². The number of aromatic carboxylic acids is 1. The average molecular weight is 397 g/mol. The summed E-state index contributed by atoms with van der Waals surface area (Å²) in [5, 5.41) is 15.1. The van der Waals surface area contributed by atoms with Crippen molar-refractivity contribution in [1.82, 2.24) is 14.3 Å². The molecular weight excluding hydrogens is 374 g/mol. The first-order chi connectivity index (χ1) is 13.8. The van der Waals surface area contributed by atoms with Gasteiger partial charge in [-0.3, -0.25) is 9.48 Å². The van der Waals surface area contributed by atoms with E-state index in [1.165, 1.54) is 12.3 Å². The first-order valence-corrected chi connectivity index (χ1v) is 9.31. The van der Waals surface area contributed by atoms with Crippen molar-refractivity contribution in [2.75, 3.05) is 20.8 Å². The number of pyridine rings is 1. The molecule has 4 rings (SSSR count). The number of ether oxygens (including phenoxy) is 2. The summed E-state index contributed by atoms with van der Waals surface area (Å²) >= 11 is 0. The SMILES string of the molecule is COCC(C)(C)[C@@H]1Cn2nc3c(OC)cccc3c2-c2cc(=O)c(C(=O)O)cn21.